The number of rotatable bonds is 6. The number of carbonyl (C=O) groups excluding carboxylic acids is 2. The second kappa shape index (κ2) is 9.94. The molecule has 0 aliphatic carbocycles. The van der Waals surface area contributed by atoms with E-state index < -0.39 is 0 Å². The number of thioether (sulfide) groups is 1. The van der Waals surface area contributed by atoms with Gasteiger partial charge in [0.1, 0.15) is 5.75 Å². The number of ether oxygens (including phenoxy) is 1. The van der Waals surface area contributed by atoms with Gasteiger partial charge in [0.2, 0.25) is 0 Å². The van der Waals surface area contributed by atoms with Gasteiger partial charge in [0.15, 0.2) is 11.8 Å². The van der Waals surface area contributed by atoms with Gasteiger partial charge in [-0.05, 0) is 67.2 Å². The Morgan fingerprint density at radius 1 is 1.12 bits per heavy atom. The van der Waals surface area contributed by atoms with Crippen LogP contribution in [0.15, 0.2) is 77.7 Å². The van der Waals surface area contributed by atoms with Crippen molar-refractivity contribution in [2.45, 2.75) is 6.92 Å². The largest absolute Gasteiger partial charge is 0.483 e. The van der Waals surface area contributed by atoms with Crippen LogP contribution in [0.3, 0.4) is 0 Å². The number of hydrogen-bond acceptors (Lipinski definition) is 5. The average molecular weight is 478 g/mol. The summed E-state index contributed by atoms with van der Waals surface area (Å²) in [6, 6.07) is 21.4. The fraction of sp³-hybridized carbons (Fsp3) is 0.0800. The number of para-hydroxylation sites is 1. The van der Waals surface area contributed by atoms with Crippen LogP contribution in [0.5, 0.6) is 5.75 Å². The zero-order valence-corrected chi connectivity index (χ0v) is 19.2. The third kappa shape index (κ3) is 5.45. The first-order chi connectivity index (χ1) is 15.9. The molecule has 0 bridgehead atoms. The highest BCUT2D eigenvalue weighted by Crippen LogP contribution is 2.36. The summed E-state index contributed by atoms with van der Waals surface area (Å²) < 4.78 is 5.73. The minimum absolute atomic E-state index is 0.111. The molecule has 1 fully saturated rings. The zero-order chi connectivity index (χ0) is 23.4. The van der Waals surface area contributed by atoms with Gasteiger partial charge in [-0.3, -0.25) is 19.9 Å². The molecule has 4 rings (SSSR count). The number of nitrogens with one attached hydrogen (secondary N) is 2. The lowest BCUT2D eigenvalue weighted by Gasteiger charge is -2.13. The Kier molecular flexibility index (Phi) is 6.82. The van der Waals surface area contributed by atoms with Gasteiger partial charge in [-0.25, -0.2) is 0 Å². The molecule has 3 aromatic carbocycles. The van der Waals surface area contributed by atoms with Crippen molar-refractivity contribution in [1.82, 2.24) is 0 Å². The van der Waals surface area contributed by atoms with Crippen molar-refractivity contribution in [2.24, 2.45) is 0 Å². The van der Waals surface area contributed by atoms with Crippen LogP contribution in [0.2, 0.25) is 5.02 Å². The third-order valence-corrected chi connectivity index (χ3v) is 5.91. The summed E-state index contributed by atoms with van der Waals surface area (Å²) in [6.45, 7) is 1.76. The standard InChI is InChI=1S/C25H20ClN3O3S/c1-16-7-10-19(11-8-16)28-23(30)15-32-21-12-9-18(26)13-17(21)14-22-24(31)29(25(27)33-22)20-5-3-2-4-6-20/h2-14,27H,15H2,1H3,(H,28,30)/b22-14-,27-25?. The summed E-state index contributed by atoms with van der Waals surface area (Å²) in [5.41, 5.74) is 2.95. The fourth-order valence-electron chi connectivity index (χ4n) is 3.18. The molecular formula is C25H20ClN3O3S. The normalized spacial score (nSPS) is 14.6. The molecule has 33 heavy (non-hydrogen) atoms. The fourth-order valence-corrected chi connectivity index (χ4v) is 4.21. The minimum atomic E-state index is -0.309. The monoisotopic (exact) mass is 477 g/mol. The van der Waals surface area contributed by atoms with Gasteiger partial charge in [0.05, 0.1) is 10.6 Å². The van der Waals surface area contributed by atoms with Gasteiger partial charge in [-0.1, -0.05) is 47.5 Å². The molecule has 166 valence electrons. The molecule has 6 nitrogen and oxygen atoms in total. The van der Waals surface area contributed by atoms with E-state index in [1.165, 1.54) is 4.90 Å². The van der Waals surface area contributed by atoms with E-state index in [9.17, 15) is 9.59 Å². The predicted molar refractivity (Wildman–Crippen MR) is 134 cm³/mol. The number of amidine groups is 1. The van der Waals surface area contributed by atoms with E-state index in [1.807, 2.05) is 49.4 Å². The first-order valence-corrected chi connectivity index (χ1v) is 11.3. The molecule has 1 heterocycles. The second-order valence-electron chi connectivity index (χ2n) is 7.28. The summed E-state index contributed by atoms with van der Waals surface area (Å²) in [7, 11) is 0. The second-order valence-corrected chi connectivity index (χ2v) is 8.74. The molecule has 2 N–H and O–H groups in total. The minimum Gasteiger partial charge on any atom is -0.483 e. The van der Waals surface area contributed by atoms with E-state index in [-0.39, 0.29) is 23.6 Å². The molecule has 1 aliphatic rings. The zero-order valence-electron chi connectivity index (χ0n) is 17.7. The number of amides is 2. The number of anilines is 2. The van der Waals surface area contributed by atoms with Crippen LogP contribution >= 0.6 is 23.4 Å². The maximum absolute atomic E-state index is 13.0. The Bertz CT molecular complexity index is 1240. The van der Waals surface area contributed by atoms with Gasteiger partial charge in [0, 0.05) is 16.3 Å². The predicted octanol–water partition coefficient (Wildman–Crippen LogP) is 5.72. The maximum Gasteiger partial charge on any atom is 0.271 e. The Labute approximate surface area is 200 Å². The number of hydrogen-bond donors (Lipinski definition) is 2. The smallest absolute Gasteiger partial charge is 0.271 e. The third-order valence-electron chi connectivity index (χ3n) is 4.79. The number of benzene rings is 3. The molecular weight excluding hydrogens is 458 g/mol. The quantitative estimate of drug-likeness (QED) is 0.445. The van der Waals surface area contributed by atoms with Gasteiger partial charge in [-0.2, -0.15) is 0 Å². The van der Waals surface area contributed by atoms with Crippen LogP contribution in [0.1, 0.15) is 11.1 Å². The first kappa shape index (κ1) is 22.6. The van der Waals surface area contributed by atoms with Crippen molar-refractivity contribution in [3.05, 3.63) is 93.9 Å². The average Bonchev–Trinajstić information content (AvgIpc) is 3.08. The Balaban J connectivity index is 1.50. The summed E-state index contributed by atoms with van der Waals surface area (Å²) >= 11 is 7.22. The van der Waals surface area contributed by atoms with Gasteiger partial charge in [0.25, 0.3) is 11.8 Å². The molecule has 0 atom stereocenters. The Morgan fingerprint density at radius 3 is 2.58 bits per heavy atom. The number of carbonyl (C=O) groups is 2. The lowest BCUT2D eigenvalue weighted by Crippen LogP contribution is -2.27. The molecule has 1 saturated heterocycles. The molecule has 8 heteroatoms. The summed E-state index contributed by atoms with van der Waals surface area (Å²) in [5, 5.41) is 11.6. The van der Waals surface area contributed by atoms with Crippen molar-refractivity contribution in [1.29, 1.82) is 5.41 Å². The van der Waals surface area contributed by atoms with E-state index in [2.05, 4.69) is 5.32 Å². The van der Waals surface area contributed by atoms with E-state index in [0.717, 1.165) is 17.3 Å². The van der Waals surface area contributed by atoms with Crippen molar-refractivity contribution >= 4 is 57.8 Å². The van der Waals surface area contributed by atoms with Crippen molar-refractivity contribution in [3.8, 4) is 5.75 Å². The van der Waals surface area contributed by atoms with Crippen LogP contribution in [0.4, 0.5) is 11.4 Å². The first-order valence-electron chi connectivity index (χ1n) is 10.1. The molecule has 2 amide bonds. The van der Waals surface area contributed by atoms with E-state index in [0.29, 0.717) is 32.6 Å². The van der Waals surface area contributed by atoms with Gasteiger partial charge < -0.3 is 10.1 Å². The van der Waals surface area contributed by atoms with Crippen molar-refractivity contribution in [3.63, 3.8) is 0 Å². The molecule has 0 aromatic heterocycles. The number of aryl methyl sites for hydroxylation is 1. The SMILES string of the molecule is Cc1ccc(NC(=O)COc2ccc(Cl)cc2/C=C2\SC(=N)N(c3ccccc3)C2=O)cc1. The van der Waals surface area contributed by atoms with Crippen LogP contribution in [0, 0.1) is 12.3 Å². The molecule has 0 spiro atoms. The van der Waals surface area contributed by atoms with Crippen LogP contribution in [-0.2, 0) is 9.59 Å². The summed E-state index contributed by atoms with van der Waals surface area (Å²) in [6.07, 6.45) is 1.63. The van der Waals surface area contributed by atoms with Crippen molar-refractivity contribution < 1.29 is 14.3 Å². The number of halogens is 1. The van der Waals surface area contributed by atoms with Crippen LogP contribution in [-0.4, -0.2) is 23.6 Å². The summed E-state index contributed by atoms with van der Waals surface area (Å²) in [5.74, 6) is -0.209. The molecule has 0 unspecified atom stereocenters. The molecule has 0 saturated carbocycles. The molecule has 3 aromatic rings. The lowest BCUT2D eigenvalue weighted by atomic mass is 10.1. The molecule has 1 aliphatic heterocycles. The molecule has 0 radical (unpaired) electrons. The lowest BCUT2D eigenvalue weighted by molar-refractivity contribution is -0.118. The summed E-state index contributed by atoms with van der Waals surface area (Å²) in [4.78, 5) is 27.0. The van der Waals surface area contributed by atoms with E-state index >= 15 is 0 Å². The highest BCUT2D eigenvalue weighted by atomic mass is 35.5. The van der Waals surface area contributed by atoms with Gasteiger partial charge in [-0.15, -0.1) is 0 Å². The van der Waals surface area contributed by atoms with E-state index in [1.54, 1.807) is 36.4 Å². The van der Waals surface area contributed by atoms with Crippen molar-refractivity contribution in [2.75, 3.05) is 16.8 Å². The van der Waals surface area contributed by atoms with Crippen LogP contribution in [0.25, 0.3) is 6.08 Å². The Hall–Kier alpha value is -3.55. The van der Waals surface area contributed by atoms with E-state index in [4.69, 9.17) is 21.7 Å². The van der Waals surface area contributed by atoms with Crippen LogP contribution < -0.4 is 15.0 Å². The Morgan fingerprint density at radius 2 is 1.85 bits per heavy atom. The maximum atomic E-state index is 13.0. The topological polar surface area (TPSA) is 82.5 Å². The number of nitrogens with zero attached hydrogens (tertiary/aromatic N) is 1. The van der Waals surface area contributed by atoms with Gasteiger partial charge >= 0.3 is 0 Å². The highest BCUT2D eigenvalue weighted by Gasteiger charge is 2.33. The highest BCUT2D eigenvalue weighted by molar-refractivity contribution is 8.19.